The molecular weight excluding hydrogens is 367 g/mol. The van der Waals surface area contributed by atoms with Gasteiger partial charge in [-0.2, -0.15) is 15.0 Å². The summed E-state index contributed by atoms with van der Waals surface area (Å²) in [4.78, 5) is 12.0. The molecular formula is C12H11BrCl2N4O. The topological polar surface area (TPSA) is 59.9 Å². The van der Waals surface area contributed by atoms with E-state index >= 15 is 0 Å². The van der Waals surface area contributed by atoms with Gasteiger partial charge < -0.3 is 10.1 Å². The number of hydrogen-bond donors (Lipinski definition) is 1. The molecule has 0 spiro atoms. The van der Waals surface area contributed by atoms with Crippen LogP contribution in [0.25, 0.3) is 0 Å². The molecule has 0 bridgehead atoms. The van der Waals surface area contributed by atoms with Crippen LogP contribution in [0.2, 0.25) is 10.3 Å². The number of benzene rings is 1. The fourth-order valence-electron chi connectivity index (χ4n) is 1.35. The van der Waals surface area contributed by atoms with E-state index in [1.165, 1.54) is 0 Å². The number of ether oxygens (including phenoxy) is 1. The normalized spacial score (nSPS) is 10.7. The van der Waals surface area contributed by atoms with E-state index in [1.54, 1.807) is 6.07 Å². The predicted octanol–water partition coefficient (Wildman–Crippen LogP) is 4.47. The molecule has 1 aromatic carbocycles. The minimum Gasteiger partial charge on any atom is -0.461 e. The van der Waals surface area contributed by atoms with Gasteiger partial charge in [-0.3, -0.25) is 0 Å². The van der Waals surface area contributed by atoms with E-state index in [0.717, 1.165) is 10.2 Å². The first-order chi connectivity index (χ1) is 9.44. The second kappa shape index (κ2) is 6.56. The molecule has 0 aliphatic carbocycles. The maximum Gasteiger partial charge on any atom is 0.322 e. The molecule has 0 unspecified atom stereocenters. The van der Waals surface area contributed by atoms with E-state index in [2.05, 4.69) is 36.2 Å². The number of nitrogens with zero attached hydrogens (tertiary/aromatic N) is 3. The van der Waals surface area contributed by atoms with Crippen LogP contribution >= 0.6 is 39.1 Å². The summed E-state index contributed by atoms with van der Waals surface area (Å²) in [5.74, 6) is 0.291. The molecule has 0 aliphatic rings. The van der Waals surface area contributed by atoms with E-state index in [0.29, 0.717) is 11.0 Å². The van der Waals surface area contributed by atoms with Crippen LogP contribution in [0.15, 0.2) is 22.7 Å². The lowest BCUT2D eigenvalue weighted by atomic mass is 10.3. The van der Waals surface area contributed by atoms with Crippen molar-refractivity contribution in [1.82, 2.24) is 15.0 Å². The van der Waals surface area contributed by atoms with Crippen molar-refractivity contribution in [2.45, 2.75) is 20.0 Å². The first-order valence-electron chi connectivity index (χ1n) is 5.74. The molecule has 106 valence electrons. The highest BCUT2D eigenvalue weighted by Crippen LogP contribution is 2.27. The van der Waals surface area contributed by atoms with Gasteiger partial charge >= 0.3 is 6.01 Å². The summed E-state index contributed by atoms with van der Waals surface area (Å²) in [5, 5.41) is 3.63. The van der Waals surface area contributed by atoms with Crippen molar-refractivity contribution in [3.05, 3.63) is 33.0 Å². The van der Waals surface area contributed by atoms with E-state index in [-0.39, 0.29) is 17.4 Å². The van der Waals surface area contributed by atoms with E-state index in [1.807, 2.05) is 26.0 Å². The zero-order chi connectivity index (χ0) is 14.7. The van der Waals surface area contributed by atoms with E-state index < -0.39 is 0 Å². The summed E-state index contributed by atoms with van der Waals surface area (Å²) in [6, 6.07) is 5.56. The third-order valence-corrected chi connectivity index (χ3v) is 3.51. The maximum atomic E-state index is 6.02. The molecule has 2 rings (SSSR count). The first-order valence-corrected chi connectivity index (χ1v) is 7.29. The lowest BCUT2D eigenvalue weighted by Crippen LogP contribution is -2.10. The van der Waals surface area contributed by atoms with Crippen LogP contribution in [-0.4, -0.2) is 21.1 Å². The largest absolute Gasteiger partial charge is 0.461 e. The van der Waals surface area contributed by atoms with Crippen molar-refractivity contribution in [3.8, 4) is 6.01 Å². The highest BCUT2D eigenvalue weighted by atomic mass is 79.9. The fraction of sp³-hybridized carbons (Fsp3) is 0.250. The van der Waals surface area contributed by atoms with Crippen molar-refractivity contribution in [1.29, 1.82) is 0 Å². The average Bonchev–Trinajstić information content (AvgIpc) is 2.32. The molecule has 0 aliphatic heterocycles. The number of halogens is 3. The van der Waals surface area contributed by atoms with Crippen LogP contribution in [0.3, 0.4) is 0 Å². The molecule has 2 aromatic rings. The molecule has 1 aromatic heterocycles. The van der Waals surface area contributed by atoms with Crippen LogP contribution in [0.1, 0.15) is 13.8 Å². The minimum absolute atomic E-state index is 0.0524. The Kier molecular flexibility index (Phi) is 5.01. The molecule has 0 saturated heterocycles. The summed E-state index contributed by atoms with van der Waals surface area (Å²) in [6.45, 7) is 3.75. The first kappa shape index (κ1) is 15.3. The lowest BCUT2D eigenvalue weighted by Gasteiger charge is -2.10. The summed E-state index contributed by atoms with van der Waals surface area (Å²) >= 11 is 15.2. The average molecular weight is 378 g/mol. The molecule has 1 heterocycles. The van der Waals surface area contributed by atoms with Crippen molar-refractivity contribution < 1.29 is 4.74 Å². The Morgan fingerprint density at radius 1 is 1.20 bits per heavy atom. The predicted molar refractivity (Wildman–Crippen MR) is 83.0 cm³/mol. The van der Waals surface area contributed by atoms with Gasteiger partial charge in [0, 0.05) is 10.2 Å². The lowest BCUT2D eigenvalue weighted by molar-refractivity contribution is 0.222. The summed E-state index contributed by atoms with van der Waals surface area (Å²) in [7, 11) is 0. The van der Waals surface area contributed by atoms with Crippen molar-refractivity contribution in [2.75, 3.05) is 5.32 Å². The van der Waals surface area contributed by atoms with Crippen molar-refractivity contribution in [2.24, 2.45) is 0 Å². The molecule has 0 atom stereocenters. The number of nitrogens with one attached hydrogen (secondary N) is 1. The Morgan fingerprint density at radius 2 is 1.95 bits per heavy atom. The van der Waals surface area contributed by atoms with Gasteiger partial charge in [0.05, 0.1) is 11.1 Å². The number of aromatic nitrogens is 3. The van der Waals surface area contributed by atoms with Gasteiger partial charge in [0.25, 0.3) is 0 Å². The highest BCUT2D eigenvalue weighted by molar-refractivity contribution is 9.10. The van der Waals surface area contributed by atoms with Crippen molar-refractivity contribution >= 4 is 50.8 Å². The van der Waals surface area contributed by atoms with Crippen LogP contribution in [0, 0.1) is 0 Å². The second-order valence-electron chi connectivity index (χ2n) is 4.13. The Labute approximate surface area is 134 Å². The molecule has 0 radical (unpaired) electrons. The minimum atomic E-state index is -0.0524. The maximum absolute atomic E-state index is 6.02. The summed E-state index contributed by atoms with van der Waals surface area (Å²) in [6.07, 6.45) is -0.0524. The molecule has 0 saturated carbocycles. The summed E-state index contributed by atoms with van der Waals surface area (Å²) in [5.41, 5.74) is 0.732. The third-order valence-electron chi connectivity index (χ3n) is 2.10. The van der Waals surface area contributed by atoms with Crippen LogP contribution < -0.4 is 10.1 Å². The van der Waals surface area contributed by atoms with Gasteiger partial charge in [-0.05, 0) is 59.6 Å². The van der Waals surface area contributed by atoms with E-state index in [9.17, 15) is 0 Å². The van der Waals surface area contributed by atoms with Crippen LogP contribution in [-0.2, 0) is 0 Å². The highest BCUT2D eigenvalue weighted by Gasteiger charge is 2.08. The second-order valence-corrected chi connectivity index (χ2v) is 5.73. The molecule has 1 N–H and O–H groups in total. The van der Waals surface area contributed by atoms with Crippen LogP contribution in [0.4, 0.5) is 11.6 Å². The zero-order valence-corrected chi connectivity index (χ0v) is 13.8. The smallest absolute Gasteiger partial charge is 0.322 e. The number of rotatable bonds is 4. The van der Waals surface area contributed by atoms with Gasteiger partial charge in [-0.25, -0.2) is 0 Å². The zero-order valence-electron chi connectivity index (χ0n) is 10.7. The quantitative estimate of drug-likeness (QED) is 0.851. The van der Waals surface area contributed by atoms with Gasteiger partial charge in [-0.1, -0.05) is 11.6 Å². The van der Waals surface area contributed by atoms with Gasteiger partial charge in [0.1, 0.15) is 0 Å². The summed E-state index contributed by atoms with van der Waals surface area (Å²) < 4.78 is 6.20. The van der Waals surface area contributed by atoms with Crippen molar-refractivity contribution in [3.63, 3.8) is 0 Å². The van der Waals surface area contributed by atoms with Gasteiger partial charge in [0.2, 0.25) is 11.2 Å². The Bertz CT molecular complexity index is 624. The standard InChI is InChI=1S/C12H11BrCl2N4O/c1-6(2)20-12-18-10(15)17-11(19-12)16-7-3-4-8(13)9(14)5-7/h3-6H,1-2H3,(H,16,17,18,19). The molecule has 0 fully saturated rings. The Balaban J connectivity index is 2.24. The number of hydrogen-bond acceptors (Lipinski definition) is 5. The Morgan fingerprint density at radius 3 is 2.60 bits per heavy atom. The van der Waals surface area contributed by atoms with Crippen LogP contribution in [0.5, 0.6) is 6.01 Å². The van der Waals surface area contributed by atoms with Gasteiger partial charge in [-0.15, -0.1) is 0 Å². The molecule has 5 nitrogen and oxygen atoms in total. The molecule has 8 heteroatoms. The van der Waals surface area contributed by atoms with Gasteiger partial charge in [0.15, 0.2) is 0 Å². The number of anilines is 2. The SMILES string of the molecule is CC(C)Oc1nc(Cl)nc(Nc2ccc(Br)c(Cl)c2)n1. The Hall–Kier alpha value is -1.11. The fourth-order valence-corrected chi connectivity index (χ4v) is 1.93. The monoisotopic (exact) mass is 376 g/mol. The molecule has 20 heavy (non-hydrogen) atoms. The third kappa shape index (κ3) is 4.19. The van der Waals surface area contributed by atoms with E-state index in [4.69, 9.17) is 27.9 Å². The molecule has 0 amide bonds.